The van der Waals surface area contributed by atoms with Crippen LogP contribution in [0.25, 0.3) is 0 Å². The molecule has 0 fully saturated rings. The third-order valence-electron chi connectivity index (χ3n) is 2.68. The van der Waals surface area contributed by atoms with E-state index in [1.165, 1.54) is 42.2 Å². The Labute approximate surface area is 129 Å². The van der Waals surface area contributed by atoms with Gasteiger partial charge in [0.2, 0.25) is 0 Å². The molecular formula is C14H19Cl2N3O. The van der Waals surface area contributed by atoms with Crippen LogP contribution < -0.4 is 0 Å². The molecule has 110 valence electrons. The Hall–Kier alpha value is -1.10. The molecule has 0 bridgehead atoms. The number of halogens is 2. The van der Waals surface area contributed by atoms with Gasteiger partial charge in [0.1, 0.15) is 19.4 Å². The number of hydrogen-bond acceptors (Lipinski definition) is 3. The van der Waals surface area contributed by atoms with E-state index in [0.29, 0.717) is 5.02 Å². The summed E-state index contributed by atoms with van der Waals surface area (Å²) in [6.45, 7) is 2.10. The molecule has 0 aliphatic carbocycles. The van der Waals surface area contributed by atoms with E-state index in [2.05, 4.69) is 17.0 Å². The zero-order valence-corrected chi connectivity index (χ0v) is 13.0. The molecule has 0 amide bonds. The van der Waals surface area contributed by atoms with Gasteiger partial charge >= 0.3 is 0 Å². The van der Waals surface area contributed by atoms with Gasteiger partial charge in [-0.3, -0.25) is 0 Å². The number of aliphatic hydroxyl groups is 1. The fraction of sp³-hybridized carbons (Fsp3) is 0.429. The Bertz CT molecular complexity index is 489. The number of aliphatic hydroxyl groups excluding tert-OH is 1. The van der Waals surface area contributed by atoms with E-state index >= 15 is 0 Å². The minimum Gasteiger partial charge on any atom is -0.374 e. The van der Waals surface area contributed by atoms with Crippen molar-refractivity contribution in [2.45, 2.75) is 39.3 Å². The summed E-state index contributed by atoms with van der Waals surface area (Å²) in [5, 5.41) is 13.4. The zero-order chi connectivity index (χ0) is 14.8. The normalized spacial score (nSPS) is 10.0. The molecule has 0 atom stereocenters. The first-order valence-corrected chi connectivity index (χ1v) is 7.30. The predicted molar refractivity (Wildman–Crippen MR) is 81.9 cm³/mol. The van der Waals surface area contributed by atoms with Crippen molar-refractivity contribution in [1.29, 1.82) is 0 Å². The van der Waals surface area contributed by atoms with Crippen LogP contribution in [0.3, 0.4) is 0 Å². The highest BCUT2D eigenvalue weighted by molar-refractivity contribution is 6.35. The topological polar surface area (TPSA) is 50.9 Å². The van der Waals surface area contributed by atoms with E-state index < -0.39 is 0 Å². The smallest absolute Gasteiger partial charge is 0.137 e. The minimum absolute atomic E-state index is 0.0972. The van der Waals surface area contributed by atoms with Crippen LogP contribution in [0.15, 0.2) is 30.9 Å². The van der Waals surface area contributed by atoms with Gasteiger partial charge in [-0.25, -0.2) is 9.67 Å². The van der Waals surface area contributed by atoms with Crippen molar-refractivity contribution >= 4 is 23.2 Å². The Morgan fingerprint density at radius 2 is 2.05 bits per heavy atom. The average molecular weight is 316 g/mol. The lowest BCUT2D eigenvalue weighted by molar-refractivity contribution is 0.195. The van der Waals surface area contributed by atoms with Gasteiger partial charge in [0.05, 0.1) is 0 Å². The van der Waals surface area contributed by atoms with Crippen LogP contribution in [0.2, 0.25) is 10.0 Å². The van der Waals surface area contributed by atoms with Crippen molar-refractivity contribution < 1.29 is 5.11 Å². The van der Waals surface area contributed by atoms with E-state index in [1.807, 2.05) is 18.2 Å². The van der Waals surface area contributed by atoms with Crippen molar-refractivity contribution in [2.75, 3.05) is 0 Å². The molecule has 0 radical (unpaired) electrons. The van der Waals surface area contributed by atoms with Gasteiger partial charge in [-0.15, -0.1) is 0 Å². The molecule has 2 aromatic rings. The van der Waals surface area contributed by atoms with Crippen molar-refractivity contribution in [3.8, 4) is 0 Å². The Balaban J connectivity index is 0.000000240. The summed E-state index contributed by atoms with van der Waals surface area (Å²) >= 11 is 11.8. The molecule has 6 heteroatoms. The Morgan fingerprint density at radius 3 is 2.55 bits per heavy atom. The Kier molecular flexibility index (Phi) is 8.26. The summed E-state index contributed by atoms with van der Waals surface area (Å²) < 4.78 is 1.32. The fourth-order valence-electron chi connectivity index (χ4n) is 1.60. The molecule has 0 aliphatic rings. The summed E-state index contributed by atoms with van der Waals surface area (Å²) in [5.74, 6) is 0. The monoisotopic (exact) mass is 315 g/mol. The van der Waals surface area contributed by atoms with E-state index in [4.69, 9.17) is 28.3 Å². The van der Waals surface area contributed by atoms with Crippen LogP contribution in [-0.2, 0) is 13.2 Å². The lowest BCUT2D eigenvalue weighted by Gasteiger charge is -2.03. The molecule has 0 aliphatic heterocycles. The number of unbranched alkanes of at least 4 members (excludes halogenated alkanes) is 2. The molecule has 1 N–H and O–H groups in total. The van der Waals surface area contributed by atoms with Crippen LogP contribution >= 0.6 is 23.2 Å². The van der Waals surface area contributed by atoms with Gasteiger partial charge < -0.3 is 5.11 Å². The van der Waals surface area contributed by atoms with Crippen LogP contribution in [0.1, 0.15) is 31.7 Å². The lowest BCUT2D eigenvalue weighted by atomic mass is 10.1. The molecule has 1 heterocycles. The first kappa shape index (κ1) is 17.0. The van der Waals surface area contributed by atoms with Crippen LogP contribution in [-0.4, -0.2) is 19.9 Å². The molecule has 4 nitrogen and oxygen atoms in total. The quantitative estimate of drug-likeness (QED) is 0.850. The second-order valence-corrected chi connectivity index (χ2v) is 5.11. The van der Waals surface area contributed by atoms with Gasteiger partial charge in [-0.1, -0.05) is 49.0 Å². The van der Waals surface area contributed by atoms with Crippen LogP contribution in [0.5, 0.6) is 0 Å². The van der Waals surface area contributed by atoms with Gasteiger partial charge in [0, 0.05) is 10.0 Å². The first-order chi connectivity index (χ1) is 9.67. The number of nitrogens with zero attached hydrogens (tertiary/aromatic N) is 3. The summed E-state index contributed by atoms with van der Waals surface area (Å²) in [4.78, 5) is 3.58. The molecule has 1 aromatic carbocycles. The summed E-state index contributed by atoms with van der Waals surface area (Å²) in [6.07, 6.45) is 7.59. The first-order valence-electron chi connectivity index (χ1n) is 6.54. The number of hydrogen-bond donors (Lipinski definition) is 1. The third kappa shape index (κ3) is 6.37. The largest absolute Gasteiger partial charge is 0.374 e. The number of benzene rings is 1. The zero-order valence-electron chi connectivity index (χ0n) is 11.5. The van der Waals surface area contributed by atoms with Crippen molar-refractivity contribution in [1.82, 2.24) is 14.8 Å². The Morgan fingerprint density at radius 1 is 1.25 bits per heavy atom. The van der Waals surface area contributed by atoms with E-state index in [9.17, 15) is 0 Å². The summed E-state index contributed by atoms with van der Waals surface area (Å²) in [5.41, 5.74) is 1.21. The molecular weight excluding hydrogens is 297 g/mol. The molecule has 20 heavy (non-hydrogen) atoms. The highest BCUT2D eigenvalue weighted by atomic mass is 35.5. The third-order valence-corrected chi connectivity index (χ3v) is 3.26. The van der Waals surface area contributed by atoms with Gasteiger partial charge in [0.15, 0.2) is 0 Å². The van der Waals surface area contributed by atoms with Crippen molar-refractivity contribution in [2.24, 2.45) is 0 Å². The minimum atomic E-state index is -0.0972. The maximum absolute atomic E-state index is 8.29. The summed E-state index contributed by atoms with van der Waals surface area (Å²) in [6, 6.07) is 5.72. The van der Waals surface area contributed by atoms with E-state index in [1.54, 1.807) is 0 Å². The highest BCUT2D eigenvalue weighted by Gasteiger charge is 2.00. The standard InChI is InChI=1S/C11H14Cl2.C3H5N3O/c1-2-3-4-5-9-6-7-10(12)8-11(9)13;7-3-6-2-4-1-5-6/h6-8H,2-5H2,1H3;1-2,7H,3H2. The maximum atomic E-state index is 8.29. The van der Waals surface area contributed by atoms with Crippen LogP contribution in [0.4, 0.5) is 0 Å². The molecule has 0 unspecified atom stereocenters. The van der Waals surface area contributed by atoms with Gasteiger partial charge in [-0.05, 0) is 30.5 Å². The summed E-state index contributed by atoms with van der Waals surface area (Å²) in [7, 11) is 0. The van der Waals surface area contributed by atoms with Gasteiger partial charge in [0.25, 0.3) is 0 Å². The van der Waals surface area contributed by atoms with Gasteiger partial charge in [-0.2, -0.15) is 5.10 Å². The highest BCUT2D eigenvalue weighted by Crippen LogP contribution is 2.22. The molecule has 0 spiro atoms. The van der Waals surface area contributed by atoms with E-state index in [0.717, 1.165) is 11.4 Å². The average Bonchev–Trinajstić information content (AvgIpc) is 2.95. The predicted octanol–water partition coefficient (Wildman–Crippen LogP) is 3.95. The second-order valence-electron chi connectivity index (χ2n) is 4.27. The molecule has 2 rings (SSSR count). The van der Waals surface area contributed by atoms with Crippen molar-refractivity contribution in [3.63, 3.8) is 0 Å². The van der Waals surface area contributed by atoms with Crippen molar-refractivity contribution in [3.05, 3.63) is 46.5 Å². The number of aryl methyl sites for hydroxylation is 1. The molecule has 0 saturated carbocycles. The van der Waals surface area contributed by atoms with E-state index in [-0.39, 0.29) is 6.73 Å². The maximum Gasteiger partial charge on any atom is 0.137 e. The second kappa shape index (κ2) is 9.75. The number of aromatic nitrogens is 3. The molecule has 1 aromatic heterocycles. The molecule has 0 saturated heterocycles. The lowest BCUT2D eigenvalue weighted by Crippen LogP contribution is -1.94. The number of rotatable bonds is 5. The van der Waals surface area contributed by atoms with Crippen LogP contribution in [0, 0.1) is 0 Å². The SMILES string of the molecule is CCCCCc1ccc(Cl)cc1Cl.OCn1cncn1. The fourth-order valence-corrected chi connectivity index (χ4v) is 2.10.